The molecule has 1 aromatic heterocycles. The fourth-order valence-corrected chi connectivity index (χ4v) is 4.30. The molecule has 2 heterocycles. The van der Waals surface area contributed by atoms with Crippen LogP contribution in [-0.2, 0) is 20.8 Å². The first kappa shape index (κ1) is 16.7. The molecule has 0 radical (unpaired) electrons. The first-order valence-electron chi connectivity index (χ1n) is 6.54. The van der Waals surface area contributed by atoms with E-state index >= 15 is 0 Å². The van der Waals surface area contributed by atoms with Crippen molar-refractivity contribution in [2.75, 3.05) is 30.5 Å². The molecule has 1 saturated heterocycles. The number of likely N-dealkylation sites (tertiary alicyclic amines) is 1. The average Bonchev–Trinajstić information content (AvgIpc) is 3.00. The van der Waals surface area contributed by atoms with Crippen LogP contribution >= 0.6 is 22.9 Å². The summed E-state index contributed by atoms with van der Waals surface area (Å²) in [7, 11) is 0. The van der Waals surface area contributed by atoms with Crippen LogP contribution in [0.5, 0.6) is 0 Å². The van der Waals surface area contributed by atoms with Crippen molar-refractivity contribution in [1.82, 2.24) is 4.90 Å². The molecule has 1 fully saturated rings. The zero-order valence-electron chi connectivity index (χ0n) is 11.5. The normalized spacial score (nSPS) is 20.4. The number of hydrogen-bond donors (Lipinski definition) is 1. The van der Waals surface area contributed by atoms with Crippen molar-refractivity contribution in [3.05, 3.63) is 16.5 Å². The number of esters is 1. The Kier molecular flexibility index (Phi) is 6.00. The van der Waals surface area contributed by atoms with Gasteiger partial charge in [-0.25, -0.2) is 4.21 Å². The van der Waals surface area contributed by atoms with E-state index in [0.29, 0.717) is 35.5 Å². The van der Waals surface area contributed by atoms with E-state index in [4.69, 9.17) is 16.3 Å². The number of rotatable bonds is 6. The van der Waals surface area contributed by atoms with Crippen molar-refractivity contribution in [2.45, 2.75) is 19.4 Å². The molecule has 1 N–H and O–H groups in total. The van der Waals surface area contributed by atoms with Gasteiger partial charge in [-0.15, -0.1) is 11.3 Å². The smallest absolute Gasteiger partial charge is 0.320 e. The van der Waals surface area contributed by atoms with Gasteiger partial charge in [-0.1, -0.05) is 11.6 Å². The molecule has 6 nitrogen and oxygen atoms in total. The van der Waals surface area contributed by atoms with Gasteiger partial charge in [0.1, 0.15) is 5.00 Å². The Morgan fingerprint density at radius 2 is 2.43 bits per heavy atom. The van der Waals surface area contributed by atoms with Crippen LogP contribution in [0.4, 0.5) is 5.00 Å². The van der Waals surface area contributed by atoms with Crippen LogP contribution in [0.3, 0.4) is 0 Å². The van der Waals surface area contributed by atoms with Gasteiger partial charge in [-0.05, 0) is 25.5 Å². The van der Waals surface area contributed by atoms with Crippen LogP contribution < -0.4 is 4.31 Å². The van der Waals surface area contributed by atoms with Gasteiger partial charge in [0, 0.05) is 13.1 Å². The van der Waals surface area contributed by atoms with Crippen LogP contribution in [-0.4, -0.2) is 51.9 Å². The topological polar surface area (TPSA) is 70.1 Å². The van der Waals surface area contributed by atoms with E-state index in [1.54, 1.807) is 19.1 Å². The number of ether oxygens (including phenoxy) is 1. The summed E-state index contributed by atoms with van der Waals surface area (Å²) in [6, 6.07) is 3.31. The molecule has 0 spiro atoms. The number of hydrogen-bond acceptors (Lipinski definition) is 5. The van der Waals surface area contributed by atoms with Crippen LogP contribution in [0.2, 0.25) is 4.34 Å². The number of nitrogens with zero attached hydrogens (tertiary/aromatic N) is 2. The van der Waals surface area contributed by atoms with E-state index in [0.717, 1.165) is 0 Å². The molecular formula is C12H17ClN2O4S2. The van der Waals surface area contributed by atoms with E-state index in [2.05, 4.69) is 0 Å². The van der Waals surface area contributed by atoms with Crippen molar-refractivity contribution in [1.29, 1.82) is 0 Å². The predicted molar refractivity (Wildman–Crippen MR) is 84.1 cm³/mol. The minimum absolute atomic E-state index is 0.125. The summed E-state index contributed by atoms with van der Waals surface area (Å²) >= 11 is 5.03. The Morgan fingerprint density at radius 1 is 1.67 bits per heavy atom. The number of thiophene rings is 1. The molecule has 1 aromatic rings. The summed E-state index contributed by atoms with van der Waals surface area (Å²) in [4.78, 5) is 13.4. The zero-order chi connectivity index (χ0) is 15.4. The lowest BCUT2D eigenvalue weighted by molar-refractivity contribution is -0.144. The Labute approximate surface area is 135 Å². The second-order valence-corrected chi connectivity index (χ2v) is 7.17. The molecule has 118 valence electrons. The maximum absolute atomic E-state index is 11.6. The number of carbonyl (C=O) groups excluding carboxylic acids is 1. The van der Waals surface area contributed by atoms with Gasteiger partial charge in [-0.2, -0.15) is 0 Å². The summed E-state index contributed by atoms with van der Waals surface area (Å²) in [5.74, 6) is -0.269. The van der Waals surface area contributed by atoms with E-state index in [9.17, 15) is 13.6 Å². The largest absolute Gasteiger partial charge is 0.465 e. The lowest BCUT2D eigenvalue weighted by Gasteiger charge is -2.25. The van der Waals surface area contributed by atoms with Gasteiger partial charge in [-0.3, -0.25) is 18.6 Å². The molecule has 21 heavy (non-hydrogen) atoms. The molecule has 0 aliphatic carbocycles. The fourth-order valence-electron chi connectivity index (χ4n) is 2.34. The Bertz CT molecular complexity index is 525. The predicted octanol–water partition coefficient (Wildman–Crippen LogP) is 1.98. The number of anilines is 1. The minimum atomic E-state index is -2.12. The third-order valence-electron chi connectivity index (χ3n) is 3.18. The molecule has 0 bridgehead atoms. The lowest BCUT2D eigenvalue weighted by atomic mass is 10.3. The molecule has 1 aliphatic rings. The first-order valence-corrected chi connectivity index (χ1v) is 8.80. The van der Waals surface area contributed by atoms with Crippen LogP contribution in [0, 0.1) is 0 Å². The Morgan fingerprint density at radius 3 is 3.00 bits per heavy atom. The SMILES string of the molecule is CCOC(=O)CN1CCC(N(c2ccc(Cl)s2)S(=O)O)C1. The highest BCUT2D eigenvalue weighted by atomic mass is 35.5. The summed E-state index contributed by atoms with van der Waals surface area (Å²) in [5, 5.41) is 0.656. The highest BCUT2D eigenvalue weighted by molar-refractivity contribution is 7.81. The van der Waals surface area contributed by atoms with Crippen molar-refractivity contribution in [2.24, 2.45) is 0 Å². The highest BCUT2D eigenvalue weighted by Crippen LogP contribution is 2.33. The average molecular weight is 353 g/mol. The molecule has 9 heteroatoms. The molecule has 2 rings (SSSR count). The maximum atomic E-state index is 11.6. The number of halogens is 1. The minimum Gasteiger partial charge on any atom is -0.465 e. The molecule has 2 atom stereocenters. The first-order chi connectivity index (χ1) is 10.0. The second kappa shape index (κ2) is 7.55. The molecule has 1 aliphatic heterocycles. The molecular weight excluding hydrogens is 336 g/mol. The van der Waals surface area contributed by atoms with E-state index in [-0.39, 0.29) is 18.6 Å². The van der Waals surface area contributed by atoms with Crippen molar-refractivity contribution in [3.8, 4) is 0 Å². The van der Waals surface area contributed by atoms with E-state index in [1.165, 1.54) is 15.6 Å². The van der Waals surface area contributed by atoms with Gasteiger partial charge >= 0.3 is 5.97 Å². The second-order valence-electron chi connectivity index (χ2n) is 4.62. The monoisotopic (exact) mass is 352 g/mol. The fraction of sp³-hybridized carbons (Fsp3) is 0.583. The van der Waals surface area contributed by atoms with Crippen molar-refractivity contribution in [3.63, 3.8) is 0 Å². The Hall–Kier alpha value is -0.670. The van der Waals surface area contributed by atoms with Crippen LogP contribution in [0.25, 0.3) is 0 Å². The van der Waals surface area contributed by atoms with Gasteiger partial charge in [0.05, 0.1) is 23.5 Å². The van der Waals surface area contributed by atoms with Crippen molar-refractivity contribution < 1.29 is 18.3 Å². The van der Waals surface area contributed by atoms with Crippen molar-refractivity contribution >= 4 is 45.2 Å². The summed E-state index contributed by atoms with van der Waals surface area (Å²) in [5.41, 5.74) is 0. The molecule has 0 aromatic carbocycles. The summed E-state index contributed by atoms with van der Waals surface area (Å²) in [6.45, 7) is 3.57. The molecule has 0 amide bonds. The summed E-state index contributed by atoms with van der Waals surface area (Å²) in [6.07, 6.45) is 0.710. The van der Waals surface area contributed by atoms with Crippen LogP contribution in [0.15, 0.2) is 12.1 Å². The quantitative estimate of drug-likeness (QED) is 0.626. The number of carbonyl (C=O) groups is 1. The van der Waals surface area contributed by atoms with Gasteiger partial charge < -0.3 is 4.74 Å². The standard InChI is InChI=1S/C12H17ClN2O4S2/c1-2-19-12(16)8-14-6-5-9(7-14)15(21(17)18)11-4-3-10(13)20-11/h3-4,9H,2,5-8H2,1H3,(H,17,18). The third kappa shape index (κ3) is 4.40. The maximum Gasteiger partial charge on any atom is 0.320 e. The zero-order valence-corrected chi connectivity index (χ0v) is 13.9. The van der Waals surface area contributed by atoms with Gasteiger partial charge in [0.15, 0.2) is 0 Å². The molecule has 2 unspecified atom stereocenters. The third-order valence-corrected chi connectivity index (χ3v) is 5.36. The lowest BCUT2D eigenvalue weighted by Crippen LogP contribution is -2.39. The highest BCUT2D eigenvalue weighted by Gasteiger charge is 2.32. The van der Waals surface area contributed by atoms with Gasteiger partial charge in [0.2, 0.25) is 0 Å². The van der Waals surface area contributed by atoms with E-state index < -0.39 is 11.3 Å². The summed E-state index contributed by atoms with van der Waals surface area (Å²) < 4.78 is 28.1. The van der Waals surface area contributed by atoms with E-state index in [1.807, 2.05) is 4.90 Å². The van der Waals surface area contributed by atoms with Crippen LogP contribution in [0.1, 0.15) is 13.3 Å². The van der Waals surface area contributed by atoms with Gasteiger partial charge in [0.25, 0.3) is 11.3 Å². The molecule has 0 saturated carbocycles. The Balaban J connectivity index is 2.00.